The first-order valence-corrected chi connectivity index (χ1v) is 7.36. The quantitative estimate of drug-likeness (QED) is 0.849. The Kier molecular flexibility index (Phi) is 4.39. The van der Waals surface area contributed by atoms with E-state index in [0.717, 1.165) is 11.3 Å². The smallest absolute Gasteiger partial charge is 0.0688 e. The second-order valence-electron chi connectivity index (χ2n) is 3.84. The van der Waals surface area contributed by atoms with Gasteiger partial charge >= 0.3 is 0 Å². The number of hydrogen-bond acceptors (Lipinski definition) is 5. The summed E-state index contributed by atoms with van der Waals surface area (Å²) in [5.41, 5.74) is 1.02. The zero-order valence-electron chi connectivity index (χ0n) is 9.45. The minimum Gasteiger partial charge on any atom is -0.733 e. The van der Waals surface area contributed by atoms with E-state index in [-0.39, 0.29) is 10.9 Å². The van der Waals surface area contributed by atoms with Crippen LogP contribution in [0.15, 0.2) is 30.3 Å². The van der Waals surface area contributed by atoms with Crippen LogP contribution in [-0.4, -0.2) is 20.8 Å². The van der Waals surface area contributed by atoms with Crippen molar-refractivity contribution in [2.45, 2.75) is 16.8 Å². The molecule has 92 valence electrons. The number of thioether (sulfide) groups is 2. The lowest BCUT2D eigenvalue weighted by Crippen LogP contribution is -2.08. The van der Waals surface area contributed by atoms with Crippen LogP contribution >= 0.6 is 23.5 Å². The highest BCUT2D eigenvalue weighted by atomic mass is 32.2. The van der Waals surface area contributed by atoms with Crippen LogP contribution in [0.1, 0.15) is 12.5 Å². The van der Waals surface area contributed by atoms with Crippen molar-refractivity contribution >= 4 is 35.3 Å². The zero-order valence-corrected chi connectivity index (χ0v) is 11.1. The monoisotopic (exact) mass is 268 g/mol. The number of benzene rings is 1. The second-order valence-corrected chi connectivity index (χ2v) is 6.90. The Labute approximate surface area is 109 Å². The van der Waals surface area contributed by atoms with Crippen LogP contribution < -0.4 is 5.23 Å². The molecule has 0 saturated carbocycles. The number of hydrogen-bond donors (Lipinski definition) is 1. The molecule has 0 radical (unpaired) electrons. The molecule has 0 aromatic heterocycles. The molecule has 1 fully saturated rings. The van der Waals surface area contributed by atoms with Crippen molar-refractivity contribution in [2.75, 3.05) is 11.0 Å². The van der Waals surface area contributed by atoms with Crippen LogP contribution in [-0.2, 0) is 0 Å². The maximum absolute atomic E-state index is 10.9. The van der Waals surface area contributed by atoms with Crippen molar-refractivity contribution in [1.82, 2.24) is 0 Å². The first-order valence-electron chi connectivity index (χ1n) is 5.37. The molecule has 2 unspecified atom stereocenters. The molecule has 1 aromatic carbocycles. The van der Waals surface area contributed by atoms with Gasteiger partial charge < -0.3 is 10.4 Å². The predicted molar refractivity (Wildman–Crippen MR) is 76.4 cm³/mol. The van der Waals surface area contributed by atoms with E-state index in [1.54, 1.807) is 12.1 Å². The lowest BCUT2D eigenvalue weighted by Gasteiger charge is -2.23. The van der Waals surface area contributed by atoms with E-state index in [2.05, 4.69) is 13.0 Å². The third-order valence-corrected chi connectivity index (χ3v) is 5.62. The Morgan fingerprint density at radius 1 is 1.47 bits per heavy atom. The molecule has 1 saturated heterocycles. The molecule has 0 spiro atoms. The third-order valence-electron chi connectivity index (χ3n) is 2.44. The van der Waals surface area contributed by atoms with E-state index < -0.39 is 0 Å². The molecule has 1 aliphatic heterocycles. The van der Waals surface area contributed by atoms with Crippen molar-refractivity contribution in [3.8, 4) is 0 Å². The Balaban J connectivity index is 2.10. The molecule has 0 bridgehead atoms. The van der Waals surface area contributed by atoms with Crippen LogP contribution in [0.5, 0.6) is 0 Å². The highest BCUT2D eigenvalue weighted by Gasteiger charge is 2.19. The van der Waals surface area contributed by atoms with Gasteiger partial charge in [0.15, 0.2) is 0 Å². The molecular formula is C12H14NO2S2-. The van der Waals surface area contributed by atoms with Gasteiger partial charge in [0.25, 0.3) is 0 Å². The van der Waals surface area contributed by atoms with Gasteiger partial charge in [0, 0.05) is 11.0 Å². The summed E-state index contributed by atoms with van der Waals surface area (Å²) in [4.78, 5) is 0. The third kappa shape index (κ3) is 3.42. The highest BCUT2D eigenvalue weighted by Crippen LogP contribution is 2.38. The summed E-state index contributed by atoms with van der Waals surface area (Å²) >= 11 is 3.83. The molecule has 17 heavy (non-hydrogen) atoms. The first kappa shape index (κ1) is 12.8. The number of nitrogens with zero attached hydrogens (tertiary/aromatic N) is 1. The van der Waals surface area contributed by atoms with E-state index in [0.29, 0.717) is 9.83 Å². The molecule has 0 amide bonds. The van der Waals surface area contributed by atoms with Gasteiger partial charge in [-0.05, 0) is 11.6 Å². The van der Waals surface area contributed by atoms with Crippen LogP contribution in [0.4, 0.5) is 5.69 Å². The van der Waals surface area contributed by atoms with Crippen LogP contribution in [0.25, 0.3) is 6.08 Å². The minimum atomic E-state index is -0.0861. The van der Waals surface area contributed by atoms with Crippen LogP contribution in [0.3, 0.4) is 0 Å². The molecule has 5 heteroatoms. The normalized spacial score (nSPS) is 24.4. The van der Waals surface area contributed by atoms with Crippen molar-refractivity contribution in [1.29, 1.82) is 0 Å². The summed E-state index contributed by atoms with van der Waals surface area (Å²) in [7, 11) is 0. The predicted octanol–water partition coefficient (Wildman–Crippen LogP) is 3.59. The lowest BCUT2D eigenvalue weighted by molar-refractivity contribution is 0.296. The molecule has 1 N–H and O–H groups in total. The van der Waals surface area contributed by atoms with Crippen molar-refractivity contribution < 1.29 is 5.21 Å². The lowest BCUT2D eigenvalue weighted by atomic mass is 10.1. The number of anilines is 1. The van der Waals surface area contributed by atoms with E-state index in [1.165, 1.54) is 0 Å². The largest absolute Gasteiger partial charge is 0.733 e. The standard InChI is InChI=1S/C12H14NO2S2/c1-9-8-16-12(17-9)7-6-10-4-2-3-5-11(10)13(14)15/h2-7,9,12,14H,8H2,1H3/q-1. The summed E-state index contributed by atoms with van der Waals surface area (Å²) in [5.74, 6) is 1.16. The molecule has 1 heterocycles. The van der Waals surface area contributed by atoms with Gasteiger partial charge in [-0.1, -0.05) is 37.3 Å². The Hall–Kier alpha value is -0.620. The van der Waals surface area contributed by atoms with E-state index in [4.69, 9.17) is 5.21 Å². The fourth-order valence-corrected chi connectivity index (χ4v) is 4.57. The van der Waals surface area contributed by atoms with Gasteiger partial charge in [0.05, 0.1) is 10.3 Å². The minimum absolute atomic E-state index is 0.0861. The Bertz CT molecular complexity index is 409. The van der Waals surface area contributed by atoms with Gasteiger partial charge in [0.2, 0.25) is 0 Å². The molecule has 1 aliphatic rings. The first-order chi connectivity index (χ1) is 8.16. The summed E-state index contributed by atoms with van der Waals surface area (Å²) in [6.45, 7) is 2.21. The van der Waals surface area contributed by atoms with Gasteiger partial charge in [-0.25, -0.2) is 0 Å². The zero-order chi connectivity index (χ0) is 12.3. The van der Waals surface area contributed by atoms with Crippen molar-refractivity contribution in [2.24, 2.45) is 0 Å². The van der Waals surface area contributed by atoms with E-state index >= 15 is 0 Å². The van der Waals surface area contributed by atoms with Crippen molar-refractivity contribution in [3.63, 3.8) is 0 Å². The van der Waals surface area contributed by atoms with Gasteiger partial charge in [0.1, 0.15) is 0 Å². The van der Waals surface area contributed by atoms with E-state index in [1.807, 2.05) is 41.7 Å². The van der Waals surface area contributed by atoms with Crippen molar-refractivity contribution in [3.05, 3.63) is 41.1 Å². The SMILES string of the molecule is CC1CSC(C=Cc2ccccc2N([O-])O)S1. The van der Waals surface area contributed by atoms with E-state index in [9.17, 15) is 5.21 Å². The fraction of sp³-hybridized carbons (Fsp3) is 0.333. The number of rotatable bonds is 3. The molecule has 0 aliphatic carbocycles. The molecule has 3 nitrogen and oxygen atoms in total. The summed E-state index contributed by atoms with van der Waals surface area (Å²) in [6.07, 6.45) is 3.99. The number of para-hydroxylation sites is 1. The molecule has 1 aromatic rings. The fourth-order valence-electron chi connectivity index (χ4n) is 1.62. The maximum atomic E-state index is 10.9. The molecule has 2 rings (SSSR count). The topological polar surface area (TPSA) is 46.5 Å². The average molecular weight is 268 g/mol. The van der Waals surface area contributed by atoms with Gasteiger partial charge in [-0.15, -0.1) is 23.5 Å². The Morgan fingerprint density at radius 2 is 2.24 bits per heavy atom. The van der Waals surface area contributed by atoms with Gasteiger partial charge in [-0.3, -0.25) is 5.21 Å². The Morgan fingerprint density at radius 3 is 2.88 bits per heavy atom. The summed E-state index contributed by atoms with van der Waals surface area (Å²) < 4.78 is 0.442. The average Bonchev–Trinajstić information content (AvgIpc) is 2.73. The highest BCUT2D eigenvalue weighted by molar-refractivity contribution is 8.20. The summed E-state index contributed by atoms with van der Waals surface area (Å²) in [5, 5.41) is 20.5. The van der Waals surface area contributed by atoms with Crippen LogP contribution in [0.2, 0.25) is 0 Å². The molecule has 2 atom stereocenters. The molecular weight excluding hydrogens is 254 g/mol. The van der Waals surface area contributed by atoms with Gasteiger partial charge in [-0.2, -0.15) is 0 Å². The summed E-state index contributed by atoms with van der Waals surface area (Å²) in [6, 6.07) is 7.00. The second kappa shape index (κ2) is 5.82. The van der Waals surface area contributed by atoms with Crippen LogP contribution in [0, 0.1) is 5.21 Å². The maximum Gasteiger partial charge on any atom is 0.0688 e.